The minimum atomic E-state index is -0.202. The molecule has 30 heavy (non-hydrogen) atoms. The number of carbonyl (C=O) groups is 1. The molecule has 7 heteroatoms. The molecule has 1 aliphatic carbocycles. The van der Waals surface area contributed by atoms with Crippen LogP contribution in [0, 0.1) is 0 Å². The van der Waals surface area contributed by atoms with Crippen molar-refractivity contribution in [1.82, 2.24) is 4.98 Å². The van der Waals surface area contributed by atoms with Crippen LogP contribution in [-0.4, -0.2) is 32.2 Å². The number of pyridine rings is 1. The third-order valence-electron chi connectivity index (χ3n) is 5.56. The van der Waals surface area contributed by atoms with Gasteiger partial charge in [-0.25, -0.2) is 0 Å². The van der Waals surface area contributed by atoms with Gasteiger partial charge in [0.2, 0.25) is 0 Å². The van der Waals surface area contributed by atoms with E-state index in [9.17, 15) is 4.79 Å². The van der Waals surface area contributed by atoms with Crippen molar-refractivity contribution < 1.29 is 14.3 Å². The van der Waals surface area contributed by atoms with Gasteiger partial charge in [-0.1, -0.05) is 29.3 Å². The quantitative estimate of drug-likeness (QED) is 0.516. The Kier molecular flexibility index (Phi) is 5.76. The third kappa shape index (κ3) is 3.57. The maximum atomic E-state index is 13.2. The second-order valence-electron chi connectivity index (χ2n) is 7.31. The number of aromatic nitrogens is 1. The summed E-state index contributed by atoms with van der Waals surface area (Å²) >= 11 is 12.9. The maximum Gasteiger partial charge on any atom is 0.258 e. The molecule has 0 bridgehead atoms. The van der Waals surface area contributed by atoms with Crippen molar-refractivity contribution >= 4 is 45.7 Å². The van der Waals surface area contributed by atoms with Gasteiger partial charge < -0.3 is 14.4 Å². The topological polar surface area (TPSA) is 51.7 Å². The summed E-state index contributed by atoms with van der Waals surface area (Å²) in [5.74, 6) is 0.766. The third-order valence-corrected chi connectivity index (χ3v) is 6.29. The monoisotopic (exact) mass is 444 g/mol. The molecular formula is C23H22Cl2N2O3. The van der Waals surface area contributed by atoms with E-state index < -0.39 is 0 Å². The molecular weight excluding hydrogens is 423 g/mol. The van der Waals surface area contributed by atoms with E-state index in [1.165, 1.54) is 19.1 Å². The fourth-order valence-corrected chi connectivity index (χ4v) is 4.51. The first-order valence-electron chi connectivity index (χ1n) is 9.75. The van der Waals surface area contributed by atoms with Crippen molar-refractivity contribution in [2.75, 3.05) is 26.2 Å². The number of carbonyl (C=O) groups excluding carboxylic acids is 1. The van der Waals surface area contributed by atoms with E-state index in [4.69, 9.17) is 37.7 Å². The van der Waals surface area contributed by atoms with Gasteiger partial charge in [0, 0.05) is 29.8 Å². The van der Waals surface area contributed by atoms with E-state index in [-0.39, 0.29) is 5.91 Å². The minimum Gasteiger partial charge on any atom is -0.495 e. The Labute approximate surface area is 185 Å². The molecule has 0 N–H and O–H groups in total. The standard InChI is InChI=1S/C23H22Cl2N2O3/c1-27(19-11-16(24)20(29-2)12-21(19)30-3)23(28)13-8-9-15-18(10-13)26-17-7-5-4-6-14(17)22(15)25/h8-12H,4-7H2,1-3H3. The van der Waals surface area contributed by atoms with Gasteiger partial charge in [-0.15, -0.1) is 0 Å². The fraction of sp³-hybridized carbons (Fsp3) is 0.304. The molecule has 0 unspecified atom stereocenters. The zero-order valence-electron chi connectivity index (χ0n) is 17.1. The lowest BCUT2D eigenvalue weighted by Gasteiger charge is -2.22. The summed E-state index contributed by atoms with van der Waals surface area (Å²) in [4.78, 5) is 19.5. The van der Waals surface area contributed by atoms with Crippen LogP contribution in [0.1, 0.15) is 34.5 Å². The number of benzene rings is 2. The van der Waals surface area contributed by atoms with E-state index in [0.717, 1.165) is 52.9 Å². The van der Waals surface area contributed by atoms with E-state index >= 15 is 0 Å². The maximum absolute atomic E-state index is 13.2. The lowest BCUT2D eigenvalue weighted by atomic mass is 9.94. The smallest absolute Gasteiger partial charge is 0.258 e. The van der Waals surface area contributed by atoms with Crippen LogP contribution < -0.4 is 14.4 Å². The van der Waals surface area contributed by atoms with E-state index in [2.05, 4.69) is 0 Å². The summed E-state index contributed by atoms with van der Waals surface area (Å²) in [5, 5.41) is 2.03. The molecule has 0 radical (unpaired) electrons. The van der Waals surface area contributed by atoms with Crippen LogP contribution >= 0.6 is 23.2 Å². The Balaban J connectivity index is 1.73. The molecule has 0 aliphatic heterocycles. The fourth-order valence-electron chi connectivity index (χ4n) is 3.91. The normalized spacial score (nSPS) is 13.1. The molecule has 0 saturated heterocycles. The molecule has 2 aromatic carbocycles. The number of ether oxygens (including phenoxy) is 2. The first-order chi connectivity index (χ1) is 14.4. The van der Waals surface area contributed by atoms with Gasteiger partial charge in [0.15, 0.2) is 0 Å². The molecule has 0 spiro atoms. The van der Waals surface area contributed by atoms with Gasteiger partial charge in [-0.05, 0) is 49.4 Å². The van der Waals surface area contributed by atoms with E-state index in [1.807, 2.05) is 6.07 Å². The average molecular weight is 445 g/mol. The number of hydrogen-bond donors (Lipinski definition) is 0. The highest BCUT2D eigenvalue weighted by molar-refractivity contribution is 6.36. The summed E-state index contributed by atoms with van der Waals surface area (Å²) in [6.07, 6.45) is 4.12. The van der Waals surface area contributed by atoms with Gasteiger partial charge in [-0.3, -0.25) is 9.78 Å². The Morgan fingerprint density at radius 1 is 1.03 bits per heavy atom. The summed E-state index contributed by atoms with van der Waals surface area (Å²) < 4.78 is 10.7. The zero-order chi connectivity index (χ0) is 21.4. The molecule has 0 atom stereocenters. The summed E-state index contributed by atoms with van der Waals surface area (Å²) in [5.41, 5.74) is 3.98. The molecule has 1 amide bonds. The lowest BCUT2D eigenvalue weighted by molar-refractivity contribution is 0.0992. The van der Waals surface area contributed by atoms with Crippen LogP contribution in [0.5, 0.6) is 11.5 Å². The zero-order valence-corrected chi connectivity index (χ0v) is 18.6. The van der Waals surface area contributed by atoms with E-state index in [0.29, 0.717) is 27.8 Å². The summed E-state index contributed by atoms with van der Waals surface area (Å²) in [6.45, 7) is 0. The molecule has 4 rings (SSSR count). The van der Waals surface area contributed by atoms with Gasteiger partial charge in [0.05, 0.1) is 35.5 Å². The van der Waals surface area contributed by atoms with Crippen molar-refractivity contribution in [3.63, 3.8) is 0 Å². The van der Waals surface area contributed by atoms with Crippen LogP contribution in [0.25, 0.3) is 10.9 Å². The van der Waals surface area contributed by atoms with E-state index in [1.54, 1.807) is 31.3 Å². The molecule has 156 valence electrons. The predicted molar refractivity (Wildman–Crippen MR) is 121 cm³/mol. The highest BCUT2D eigenvalue weighted by atomic mass is 35.5. The number of hydrogen-bond acceptors (Lipinski definition) is 4. The number of aryl methyl sites for hydroxylation is 1. The molecule has 5 nitrogen and oxygen atoms in total. The number of anilines is 1. The number of amides is 1. The summed E-state index contributed by atoms with van der Waals surface area (Å²) in [7, 11) is 4.75. The molecule has 3 aromatic rings. The van der Waals surface area contributed by atoms with Gasteiger partial charge in [0.1, 0.15) is 11.5 Å². The number of nitrogens with zero attached hydrogens (tertiary/aromatic N) is 2. The van der Waals surface area contributed by atoms with Crippen LogP contribution in [0.2, 0.25) is 10.0 Å². The highest BCUT2D eigenvalue weighted by Gasteiger charge is 2.22. The van der Waals surface area contributed by atoms with Crippen molar-refractivity contribution in [3.05, 3.63) is 57.2 Å². The number of fused-ring (bicyclic) bond motifs is 2. The van der Waals surface area contributed by atoms with Crippen molar-refractivity contribution in [2.45, 2.75) is 25.7 Å². The van der Waals surface area contributed by atoms with Crippen molar-refractivity contribution in [1.29, 1.82) is 0 Å². The molecule has 1 aliphatic rings. The molecule has 1 heterocycles. The van der Waals surface area contributed by atoms with Crippen molar-refractivity contribution in [2.24, 2.45) is 0 Å². The Morgan fingerprint density at radius 3 is 2.50 bits per heavy atom. The Morgan fingerprint density at radius 2 is 1.77 bits per heavy atom. The first kappa shape index (κ1) is 20.8. The van der Waals surface area contributed by atoms with Crippen LogP contribution in [0.15, 0.2) is 30.3 Å². The largest absolute Gasteiger partial charge is 0.495 e. The Hall–Kier alpha value is -2.50. The number of methoxy groups -OCH3 is 2. The van der Waals surface area contributed by atoms with Gasteiger partial charge >= 0.3 is 0 Å². The molecule has 1 aromatic heterocycles. The lowest BCUT2D eigenvalue weighted by Crippen LogP contribution is -2.26. The van der Waals surface area contributed by atoms with Gasteiger partial charge in [-0.2, -0.15) is 0 Å². The SMILES string of the molecule is COc1cc(OC)c(N(C)C(=O)c2ccc3c(Cl)c4c(nc3c2)CCCC4)cc1Cl. The second-order valence-corrected chi connectivity index (χ2v) is 8.10. The second kappa shape index (κ2) is 8.32. The van der Waals surface area contributed by atoms with Crippen LogP contribution in [0.4, 0.5) is 5.69 Å². The first-order valence-corrected chi connectivity index (χ1v) is 10.5. The summed E-state index contributed by atoms with van der Waals surface area (Å²) in [6, 6.07) is 8.77. The minimum absolute atomic E-state index is 0.202. The predicted octanol–water partition coefficient (Wildman–Crippen LogP) is 5.71. The van der Waals surface area contributed by atoms with Crippen molar-refractivity contribution in [3.8, 4) is 11.5 Å². The number of rotatable bonds is 4. The highest BCUT2D eigenvalue weighted by Crippen LogP contribution is 2.38. The number of halogens is 2. The van der Waals surface area contributed by atoms with Gasteiger partial charge in [0.25, 0.3) is 5.91 Å². The average Bonchev–Trinajstić information content (AvgIpc) is 2.77. The molecule has 0 fully saturated rings. The van der Waals surface area contributed by atoms with Crippen LogP contribution in [0.3, 0.4) is 0 Å². The Bertz CT molecular complexity index is 1150. The molecule has 0 saturated carbocycles. The van der Waals surface area contributed by atoms with Crippen LogP contribution in [-0.2, 0) is 12.8 Å².